The summed E-state index contributed by atoms with van der Waals surface area (Å²) in [6.45, 7) is 0. The number of allylic oxidation sites excluding steroid dienone is 2. The van der Waals surface area contributed by atoms with Crippen LogP contribution in [0.2, 0.25) is 5.02 Å². The smallest absolute Gasteiger partial charge is 0.205 e. The Kier molecular flexibility index (Phi) is 5.38. The number of nitriles is 1. The van der Waals surface area contributed by atoms with Crippen molar-refractivity contribution in [3.63, 3.8) is 0 Å². The Labute approximate surface area is 179 Å². The van der Waals surface area contributed by atoms with Gasteiger partial charge in [-0.15, -0.1) is 0 Å². The van der Waals surface area contributed by atoms with Crippen molar-refractivity contribution in [2.24, 2.45) is 5.73 Å². The highest BCUT2D eigenvalue weighted by molar-refractivity contribution is 6.30. The van der Waals surface area contributed by atoms with Gasteiger partial charge in [0.25, 0.3) is 0 Å². The number of hydrogen-bond acceptors (Lipinski definition) is 4. The van der Waals surface area contributed by atoms with Crippen molar-refractivity contribution in [3.8, 4) is 6.07 Å². The molecular formula is C25H17ClN2O2. The maximum absolute atomic E-state index is 13.7. The van der Waals surface area contributed by atoms with Crippen LogP contribution in [-0.2, 0) is 4.74 Å². The SMILES string of the molecule is N#CC1=C(N)OC(c2ccccc2)=C(C(=O)c2ccccc2)C1c1ccc(Cl)cc1. The molecular weight excluding hydrogens is 396 g/mol. The highest BCUT2D eigenvalue weighted by Gasteiger charge is 2.37. The number of carbonyl (C=O) groups excluding carboxylic acids is 1. The summed E-state index contributed by atoms with van der Waals surface area (Å²) >= 11 is 6.06. The second-order valence-electron chi connectivity index (χ2n) is 6.78. The summed E-state index contributed by atoms with van der Waals surface area (Å²) in [7, 11) is 0. The number of nitrogens with zero attached hydrogens (tertiary/aromatic N) is 1. The molecule has 0 saturated heterocycles. The minimum Gasteiger partial charge on any atom is -0.439 e. The monoisotopic (exact) mass is 412 g/mol. The third-order valence-corrected chi connectivity index (χ3v) is 5.19. The van der Waals surface area contributed by atoms with Gasteiger partial charge in [-0.05, 0) is 17.7 Å². The number of halogens is 1. The maximum Gasteiger partial charge on any atom is 0.205 e. The number of ketones is 1. The first-order chi connectivity index (χ1) is 14.6. The molecule has 3 aromatic carbocycles. The predicted molar refractivity (Wildman–Crippen MR) is 116 cm³/mol. The summed E-state index contributed by atoms with van der Waals surface area (Å²) in [4.78, 5) is 13.7. The lowest BCUT2D eigenvalue weighted by Crippen LogP contribution is -2.24. The number of hydrogen-bond donors (Lipinski definition) is 1. The molecule has 1 heterocycles. The maximum atomic E-state index is 13.7. The topological polar surface area (TPSA) is 76.1 Å². The van der Waals surface area contributed by atoms with Crippen molar-refractivity contribution in [2.45, 2.75) is 5.92 Å². The molecule has 30 heavy (non-hydrogen) atoms. The van der Waals surface area contributed by atoms with E-state index in [2.05, 4.69) is 6.07 Å². The van der Waals surface area contributed by atoms with E-state index >= 15 is 0 Å². The van der Waals surface area contributed by atoms with Crippen molar-refractivity contribution in [1.29, 1.82) is 5.26 Å². The molecule has 1 atom stereocenters. The van der Waals surface area contributed by atoms with Crippen molar-refractivity contribution >= 4 is 23.1 Å². The van der Waals surface area contributed by atoms with E-state index in [0.717, 1.165) is 5.56 Å². The van der Waals surface area contributed by atoms with E-state index in [-0.39, 0.29) is 17.2 Å². The summed E-state index contributed by atoms with van der Waals surface area (Å²) in [6.07, 6.45) is 0. The van der Waals surface area contributed by atoms with Crippen LogP contribution in [0.1, 0.15) is 27.4 Å². The molecule has 4 rings (SSSR count). The van der Waals surface area contributed by atoms with Crippen molar-refractivity contribution in [1.82, 2.24) is 0 Å². The molecule has 0 spiro atoms. The molecule has 0 amide bonds. The van der Waals surface area contributed by atoms with Gasteiger partial charge in [-0.1, -0.05) is 84.4 Å². The van der Waals surface area contributed by atoms with Crippen molar-refractivity contribution in [3.05, 3.63) is 124 Å². The van der Waals surface area contributed by atoms with Gasteiger partial charge in [-0.3, -0.25) is 4.79 Å². The third-order valence-electron chi connectivity index (χ3n) is 4.94. The number of ether oxygens (including phenoxy) is 1. The fourth-order valence-corrected chi connectivity index (χ4v) is 3.65. The molecule has 0 aliphatic carbocycles. The minimum absolute atomic E-state index is 0.0130. The minimum atomic E-state index is -0.677. The van der Waals surface area contributed by atoms with Crippen LogP contribution in [0.3, 0.4) is 0 Å². The molecule has 2 N–H and O–H groups in total. The molecule has 5 heteroatoms. The zero-order valence-electron chi connectivity index (χ0n) is 15.9. The lowest BCUT2D eigenvalue weighted by molar-refractivity contribution is 0.102. The Morgan fingerprint density at radius 1 is 0.933 bits per heavy atom. The average Bonchev–Trinajstić information content (AvgIpc) is 2.79. The Hall–Kier alpha value is -3.81. The van der Waals surface area contributed by atoms with Crippen LogP contribution >= 0.6 is 11.6 Å². The van der Waals surface area contributed by atoms with Crippen LogP contribution in [0.25, 0.3) is 5.76 Å². The van der Waals surface area contributed by atoms with Gasteiger partial charge in [-0.25, -0.2) is 0 Å². The summed E-state index contributed by atoms with van der Waals surface area (Å²) in [6, 6.07) is 27.4. The van der Waals surface area contributed by atoms with E-state index < -0.39 is 5.92 Å². The van der Waals surface area contributed by atoms with E-state index in [1.807, 2.05) is 36.4 Å². The molecule has 0 fully saturated rings. The van der Waals surface area contributed by atoms with Crippen molar-refractivity contribution < 1.29 is 9.53 Å². The number of rotatable bonds is 4. The van der Waals surface area contributed by atoms with E-state index in [9.17, 15) is 10.1 Å². The quantitative estimate of drug-likeness (QED) is 0.578. The van der Waals surface area contributed by atoms with E-state index in [1.54, 1.807) is 48.5 Å². The van der Waals surface area contributed by atoms with Gasteiger partial charge in [0, 0.05) is 16.1 Å². The molecule has 0 bridgehead atoms. The number of carbonyl (C=O) groups is 1. The molecule has 3 aromatic rings. The zero-order valence-corrected chi connectivity index (χ0v) is 16.6. The first kappa shape index (κ1) is 19.5. The number of Topliss-reactive ketones (excluding diaryl/α,β-unsaturated/α-hetero) is 1. The van der Waals surface area contributed by atoms with E-state index in [4.69, 9.17) is 22.1 Å². The zero-order chi connectivity index (χ0) is 21.1. The van der Waals surface area contributed by atoms with Gasteiger partial charge in [0.1, 0.15) is 17.4 Å². The van der Waals surface area contributed by atoms with Gasteiger partial charge in [-0.2, -0.15) is 5.26 Å². The van der Waals surface area contributed by atoms with Crippen LogP contribution in [-0.4, -0.2) is 5.78 Å². The van der Waals surface area contributed by atoms with Crippen LogP contribution in [0, 0.1) is 11.3 Å². The van der Waals surface area contributed by atoms with Crippen LogP contribution in [0.4, 0.5) is 0 Å². The second-order valence-corrected chi connectivity index (χ2v) is 7.22. The lowest BCUT2D eigenvalue weighted by atomic mass is 9.79. The third kappa shape index (κ3) is 3.59. The van der Waals surface area contributed by atoms with Gasteiger partial charge in [0.2, 0.25) is 5.88 Å². The summed E-state index contributed by atoms with van der Waals surface area (Å²) in [5, 5.41) is 10.4. The van der Waals surface area contributed by atoms with Gasteiger partial charge < -0.3 is 10.5 Å². The fourth-order valence-electron chi connectivity index (χ4n) is 3.53. The van der Waals surface area contributed by atoms with E-state index in [1.165, 1.54) is 0 Å². The highest BCUT2D eigenvalue weighted by Crippen LogP contribution is 2.43. The van der Waals surface area contributed by atoms with Crippen molar-refractivity contribution in [2.75, 3.05) is 0 Å². The van der Waals surface area contributed by atoms with Gasteiger partial charge in [0.15, 0.2) is 5.78 Å². The predicted octanol–water partition coefficient (Wildman–Crippen LogP) is 5.44. The normalized spacial score (nSPS) is 16.1. The second kappa shape index (κ2) is 8.28. The highest BCUT2D eigenvalue weighted by atomic mass is 35.5. The molecule has 0 radical (unpaired) electrons. The lowest BCUT2D eigenvalue weighted by Gasteiger charge is -2.29. The van der Waals surface area contributed by atoms with E-state index in [0.29, 0.717) is 27.5 Å². The first-order valence-electron chi connectivity index (χ1n) is 9.32. The molecule has 1 unspecified atom stereocenters. The first-order valence-corrected chi connectivity index (χ1v) is 9.70. The Balaban J connectivity index is 2.00. The largest absolute Gasteiger partial charge is 0.439 e. The molecule has 0 saturated carbocycles. The molecule has 0 aromatic heterocycles. The molecule has 1 aliphatic heterocycles. The van der Waals surface area contributed by atoms with Crippen LogP contribution < -0.4 is 5.73 Å². The van der Waals surface area contributed by atoms with Crippen LogP contribution in [0.15, 0.2) is 102 Å². The molecule has 146 valence electrons. The molecule has 1 aliphatic rings. The molecule has 4 nitrogen and oxygen atoms in total. The number of nitrogens with two attached hydrogens (primary N) is 1. The Morgan fingerprint density at radius 2 is 1.53 bits per heavy atom. The van der Waals surface area contributed by atoms with Crippen LogP contribution in [0.5, 0.6) is 0 Å². The fraction of sp³-hybridized carbons (Fsp3) is 0.0400. The summed E-state index contributed by atoms with van der Waals surface area (Å²) in [5.41, 5.74) is 8.63. The Morgan fingerprint density at radius 3 is 2.13 bits per heavy atom. The number of benzene rings is 3. The average molecular weight is 413 g/mol. The van der Waals surface area contributed by atoms with Gasteiger partial charge in [0.05, 0.1) is 11.5 Å². The summed E-state index contributed by atoms with van der Waals surface area (Å²) < 4.78 is 5.87. The Bertz CT molecular complexity index is 1190. The standard InChI is InChI=1S/C25H17ClN2O2/c26-19-13-11-16(12-14-19)21-20(15-27)25(28)30-24(18-9-5-2-6-10-18)22(21)23(29)17-7-3-1-4-8-17/h1-14,21H,28H2. The van der Waals surface area contributed by atoms with Gasteiger partial charge >= 0.3 is 0 Å². The summed E-state index contributed by atoms with van der Waals surface area (Å²) in [5.74, 6) is -0.569.